The van der Waals surface area contributed by atoms with Crippen LogP contribution in [0.3, 0.4) is 0 Å². The monoisotopic (exact) mass is 466 g/mol. The number of ketones is 1. The van der Waals surface area contributed by atoms with Crippen LogP contribution in [0.5, 0.6) is 5.75 Å². The van der Waals surface area contributed by atoms with E-state index in [9.17, 15) is 4.79 Å². The van der Waals surface area contributed by atoms with Crippen LogP contribution in [0.4, 0.5) is 0 Å². The summed E-state index contributed by atoms with van der Waals surface area (Å²) >= 11 is 3.07. The Kier molecular flexibility index (Phi) is 7.12. The molecule has 0 spiro atoms. The van der Waals surface area contributed by atoms with Crippen LogP contribution < -0.4 is 4.74 Å². The molecule has 0 amide bonds. The molecule has 0 aliphatic heterocycles. The molecule has 0 bridgehead atoms. The Morgan fingerprint density at radius 1 is 1.22 bits per heavy atom. The fourth-order valence-corrected chi connectivity index (χ4v) is 5.08. The number of Topliss-reactive ketones (excluding diaryl/α,β-unsaturated/α-hetero) is 1. The van der Waals surface area contributed by atoms with Gasteiger partial charge in [-0.3, -0.25) is 9.89 Å². The summed E-state index contributed by atoms with van der Waals surface area (Å²) in [5.74, 6) is 2.10. The number of rotatable bonds is 10. The van der Waals surface area contributed by atoms with Crippen LogP contribution in [0.25, 0.3) is 0 Å². The fourth-order valence-electron chi connectivity index (χ4n) is 3.67. The number of H-pyrrole nitrogens is 1. The van der Waals surface area contributed by atoms with E-state index in [-0.39, 0.29) is 5.78 Å². The standard InChI is InChI=1S/C24H26N4O2S2/c1-16-13-21(17(2)28(16)11-10-18-6-8-19(30-3)9-7-18)22(29)15-32-24-25-23(26-27-24)14-20-5-4-12-31-20/h4-9,12-13H,10-11,14-15H2,1-3H3,(H,25,26,27). The molecule has 1 aromatic carbocycles. The van der Waals surface area contributed by atoms with E-state index in [1.165, 1.54) is 22.2 Å². The van der Waals surface area contributed by atoms with E-state index in [0.29, 0.717) is 10.9 Å². The third-order valence-corrected chi connectivity index (χ3v) is 7.15. The first kappa shape index (κ1) is 22.4. The van der Waals surface area contributed by atoms with Gasteiger partial charge in [0.2, 0.25) is 5.16 Å². The highest BCUT2D eigenvalue weighted by molar-refractivity contribution is 7.99. The summed E-state index contributed by atoms with van der Waals surface area (Å²) in [4.78, 5) is 18.6. The zero-order chi connectivity index (χ0) is 22.5. The van der Waals surface area contributed by atoms with Gasteiger partial charge in [-0.25, -0.2) is 4.98 Å². The van der Waals surface area contributed by atoms with Crippen molar-refractivity contribution in [3.8, 4) is 5.75 Å². The van der Waals surface area contributed by atoms with Crippen molar-refractivity contribution < 1.29 is 9.53 Å². The molecule has 0 saturated heterocycles. The molecule has 0 atom stereocenters. The zero-order valence-electron chi connectivity index (χ0n) is 18.4. The molecule has 32 heavy (non-hydrogen) atoms. The van der Waals surface area contributed by atoms with Crippen LogP contribution in [-0.2, 0) is 19.4 Å². The average molecular weight is 467 g/mol. The minimum atomic E-state index is 0.100. The summed E-state index contributed by atoms with van der Waals surface area (Å²) in [5, 5.41) is 9.88. The molecular formula is C24H26N4O2S2. The predicted octanol–water partition coefficient (Wildman–Crippen LogP) is 5.10. The van der Waals surface area contributed by atoms with Crippen molar-refractivity contribution in [3.63, 3.8) is 0 Å². The van der Waals surface area contributed by atoms with Crippen LogP contribution in [-0.4, -0.2) is 38.4 Å². The Hall–Kier alpha value is -2.84. The molecule has 6 nitrogen and oxygen atoms in total. The highest BCUT2D eigenvalue weighted by Crippen LogP contribution is 2.22. The number of nitrogens with one attached hydrogen (secondary N) is 1. The van der Waals surface area contributed by atoms with Gasteiger partial charge in [-0.1, -0.05) is 30.0 Å². The maximum atomic E-state index is 12.9. The van der Waals surface area contributed by atoms with Gasteiger partial charge in [-0.2, -0.15) is 0 Å². The molecule has 166 valence electrons. The lowest BCUT2D eigenvalue weighted by Gasteiger charge is -2.10. The summed E-state index contributed by atoms with van der Waals surface area (Å²) in [7, 11) is 1.67. The van der Waals surface area contributed by atoms with Gasteiger partial charge in [0, 0.05) is 34.8 Å². The van der Waals surface area contributed by atoms with E-state index < -0.39 is 0 Å². The number of carbonyl (C=O) groups is 1. The molecule has 0 aliphatic rings. The number of thiophene rings is 1. The molecule has 0 fully saturated rings. The number of ether oxygens (including phenoxy) is 1. The summed E-state index contributed by atoms with van der Waals surface area (Å²) in [6.07, 6.45) is 1.63. The number of aromatic nitrogens is 4. The van der Waals surface area contributed by atoms with E-state index in [1.807, 2.05) is 36.6 Å². The fraction of sp³-hybridized carbons (Fsp3) is 0.292. The molecule has 0 aliphatic carbocycles. The molecule has 0 unspecified atom stereocenters. The maximum Gasteiger partial charge on any atom is 0.208 e. The molecule has 3 aromatic heterocycles. The van der Waals surface area contributed by atoms with E-state index in [1.54, 1.807) is 18.4 Å². The lowest BCUT2D eigenvalue weighted by molar-refractivity contribution is 0.102. The number of aromatic amines is 1. The topological polar surface area (TPSA) is 72.8 Å². The van der Waals surface area contributed by atoms with Crippen molar-refractivity contribution in [1.82, 2.24) is 19.7 Å². The second-order valence-corrected chi connectivity index (χ2v) is 9.54. The van der Waals surface area contributed by atoms with Crippen molar-refractivity contribution in [3.05, 3.63) is 81.1 Å². The predicted molar refractivity (Wildman–Crippen MR) is 129 cm³/mol. The van der Waals surface area contributed by atoms with Gasteiger partial charge in [-0.05, 0) is 55.5 Å². The number of thioether (sulfide) groups is 1. The summed E-state index contributed by atoms with van der Waals surface area (Å²) in [5.41, 5.74) is 4.12. The second-order valence-electron chi connectivity index (χ2n) is 7.57. The Balaban J connectivity index is 1.35. The minimum absolute atomic E-state index is 0.100. The van der Waals surface area contributed by atoms with Crippen LogP contribution in [0.15, 0.2) is 53.0 Å². The first-order valence-corrected chi connectivity index (χ1v) is 12.3. The minimum Gasteiger partial charge on any atom is -0.497 e. The quantitative estimate of drug-likeness (QED) is 0.260. The number of benzene rings is 1. The van der Waals surface area contributed by atoms with Gasteiger partial charge in [0.1, 0.15) is 11.6 Å². The molecule has 3 heterocycles. The van der Waals surface area contributed by atoms with Crippen LogP contribution in [0, 0.1) is 13.8 Å². The second kappa shape index (κ2) is 10.2. The van der Waals surface area contributed by atoms with Gasteiger partial charge in [0.05, 0.1) is 12.9 Å². The van der Waals surface area contributed by atoms with Crippen molar-refractivity contribution in [1.29, 1.82) is 0 Å². The highest BCUT2D eigenvalue weighted by atomic mass is 32.2. The molecular weight excluding hydrogens is 440 g/mol. The molecule has 0 radical (unpaired) electrons. The van der Waals surface area contributed by atoms with Gasteiger partial charge in [-0.15, -0.1) is 16.4 Å². The lowest BCUT2D eigenvalue weighted by Crippen LogP contribution is -2.08. The van der Waals surface area contributed by atoms with E-state index in [0.717, 1.165) is 47.9 Å². The van der Waals surface area contributed by atoms with Crippen molar-refractivity contribution in [2.45, 2.75) is 38.4 Å². The third-order valence-electron chi connectivity index (χ3n) is 5.42. The van der Waals surface area contributed by atoms with Gasteiger partial charge >= 0.3 is 0 Å². The normalized spacial score (nSPS) is 11.1. The molecule has 4 rings (SSSR count). The lowest BCUT2D eigenvalue weighted by atomic mass is 10.1. The highest BCUT2D eigenvalue weighted by Gasteiger charge is 2.17. The summed E-state index contributed by atoms with van der Waals surface area (Å²) < 4.78 is 7.44. The first-order chi connectivity index (χ1) is 15.5. The first-order valence-electron chi connectivity index (χ1n) is 10.4. The zero-order valence-corrected chi connectivity index (χ0v) is 20.1. The van der Waals surface area contributed by atoms with Gasteiger partial charge in [0.15, 0.2) is 5.78 Å². The van der Waals surface area contributed by atoms with Crippen LogP contribution in [0.1, 0.15) is 38.0 Å². The molecule has 1 N–H and O–H groups in total. The van der Waals surface area contributed by atoms with E-state index >= 15 is 0 Å². The third kappa shape index (κ3) is 5.31. The number of carbonyl (C=O) groups excluding carboxylic acids is 1. The van der Waals surface area contributed by atoms with Gasteiger partial charge < -0.3 is 9.30 Å². The molecule has 0 saturated carbocycles. The summed E-state index contributed by atoms with van der Waals surface area (Å²) in [6, 6.07) is 14.2. The Labute approximate surface area is 196 Å². The smallest absolute Gasteiger partial charge is 0.208 e. The molecule has 8 heteroatoms. The van der Waals surface area contributed by atoms with Crippen molar-refractivity contribution >= 4 is 28.9 Å². The SMILES string of the molecule is COc1ccc(CCn2c(C)cc(C(=O)CSc3n[nH]c(Cc4cccs4)n3)c2C)cc1. The Morgan fingerprint density at radius 3 is 2.75 bits per heavy atom. The largest absolute Gasteiger partial charge is 0.497 e. The number of aryl methyl sites for hydroxylation is 2. The Morgan fingerprint density at radius 2 is 2.03 bits per heavy atom. The van der Waals surface area contributed by atoms with Crippen LogP contribution >= 0.6 is 23.1 Å². The average Bonchev–Trinajstić information content (AvgIpc) is 3.54. The number of hydrogen-bond donors (Lipinski definition) is 1. The van der Waals surface area contributed by atoms with Gasteiger partial charge in [0.25, 0.3) is 0 Å². The number of nitrogens with zero attached hydrogens (tertiary/aromatic N) is 3. The van der Waals surface area contributed by atoms with E-state index in [4.69, 9.17) is 4.74 Å². The number of hydrogen-bond acceptors (Lipinski definition) is 6. The summed E-state index contributed by atoms with van der Waals surface area (Å²) in [6.45, 7) is 4.90. The van der Waals surface area contributed by atoms with E-state index in [2.05, 4.69) is 44.9 Å². The van der Waals surface area contributed by atoms with Crippen LogP contribution in [0.2, 0.25) is 0 Å². The maximum absolute atomic E-state index is 12.9. The molecule has 4 aromatic rings. The Bertz CT molecular complexity index is 1180. The number of methoxy groups -OCH3 is 1. The van der Waals surface area contributed by atoms with Crippen molar-refractivity contribution in [2.24, 2.45) is 0 Å². The van der Waals surface area contributed by atoms with Crippen molar-refractivity contribution in [2.75, 3.05) is 12.9 Å².